The molecule has 0 N–H and O–H groups in total. The fourth-order valence-electron chi connectivity index (χ4n) is 1.61. The van der Waals surface area contributed by atoms with Gasteiger partial charge in [0.2, 0.25) is 10.0 Å². The highest BCUT2D eigenvalue weighted by Crippen LogP contribution is 2.18. The first kappa shape index (κ1) is 12.6. The summed E-state index contributed by atoms with van der Waals surface area (Å²) >= 11 is 0. The predicted octanol–water partition coefficient (Wildman–Crippen LogP) is -0.727. The molecule has 1 heterocycles. The number of aryl methyl sites for hydroxylation is 1. The van der Waals surface area contributed by atoms with Gasteiger partial charge in [0, 0.05) is 13.6 Å². The molecular formula is C11H16BNO3S. The van der Waals surface area contributed by atoms with Gasteiger partial charge >= 0.3 is 0 Å². The van der Waals surface area contributed by atoms with Crippen molar-refractivity contribution in [2.45, 2.75) is 17.9 Å². The minimum Gasteiger partial charge on any atom is -0.372 e. The standard InChI is InChI=1S/C11H16BNO3S/c1-8-5-10(3-4-11(8)12)17(14,15)13(2)6-9-7-16-9/h3-5,9H,6-7,12H2,1-2H3. The van der Waals surface area contributed by atoms with Crippen LogP contribution in [0.5, 0.6) is 0 Å². The molecule has 0 saturated carbocycles. The summed E-state index contributed by atoms with van der Waals surface area (Å²) in [5.41, 5.74) is 2.08. The van der Waals surface area contributed by atoms with Gasteiger partial charge in [-0.25, -0.2) is 8.42 Å². The van der Waals surface area contributed by atoms with Gasteiger partial charge in [0.1, 0.15) is 7.85 Å². The van der Waals surface area contributed by atoms with Crippen LogP contribution in [-0.4, -0.2) is 46.9 Å². The van der Waals surface area contributed by atoms with Crippen LogP contribution in [0, 0.1) is 6.92 Å². The van der Waals surface area contributed by atoms with E-state index in [1.54, 1.807) is 19.2 Å². The highest BCUT2D eigenvalue weighted by atomic mass is 32.2. The molecule has 17 heavy (non-hydrogen) atoms. The molecule has 1 atom stereocenters. The average molecular weight is 253 g/mol. The van der Waals surface area contributed by atoms with Gasteiger partial charge in [-0.15, -0.1) is 0 Å². The van der Waals surface area contributed by atoms with Crippen LogP contribution < -0.4 is 5.46 Å². The Hall–Kier alpha value is -0.845. The topological polar surface area (TPSA) is 49.9 Å². The maximum Gasteiger partial charge on any atom is 0.242 e. The molecule has 6 heteroatoms. The van der Waals surface area contributed by atoms with Crippen molar-refractivity contribution in [3.8, 4) is 0 Å². The lowest BCUT2D eigenvalue weighted by molar-refractivity contribution is 0.359. The van der Waals surface area contributed by atoms with Crippen LogP contribution in [-0.2, 0) is 14.8 Å². The van der Waals surface area contributed by atoms with E-state index in [0.29, 0.717) is 18.0 Å². The molecule has 1 saturated heterocycles. The van der Waals surface area contributed by atoms with Crippen molar-refractivity contribution in [1.29, 1.82) is 0 Å². The molecule has 4 nitrogen and oxygen atoms in total. The zero-order chi connectivity index (χ0) is 12.6. The maximum atomic E-state index is 12.2. The Morgan fingerprint density at radius 1 is 1.53 bits per heavy atom. The third-order valence-electron chi connectivity index (χ3n) is 3.05. The molecular weight excluding hydrogens is 237 g/mol. The first-order valence-electron chi connectivity index (χ1n) is 5.56. The van der Waals surface area contributed by atoms with Gasteiger partial charge in [-0.05, 0) is 19.1 Å². The zero-order valence-corrected chi connectivity index (χ0v) is 11.1. The normalized spacial score (nSPS) is 19.6. The zero-order valence-electron chi connectivity index (χ0n) is 10.3. The fourth-order valence-corrected chi connectivity index (χ4v) is 2.90. The fraction of sp³-hybridized carbons (Fsp3) is 0.455. The molecule has 1 aromatic rings. The van der Waals surface area contributed by atoms with E-state index in [4.69, 9.17) is 4.74 Å². The number of rotatable bonds is 4. The third kappa shape index (κ3) is 2.70. The third-order valence-corrected chi connectivity index (χ3v) is 4.87. The van der Waals surface area contributed by atoms with E-state index in [-0.39, 0.29) is 6.10 Å². The van der Waals surface area contributed by atoms with Crippen LogP contribution in [0.4, 0.5) is 0 Å². The van der Waals surface area contributed by atoms with E-state index in [0.717, 1.165) is 11.0 Å². The average Bonchev–Trinajstić information content (AvgIpc) is 3.05. The largest absolute Gasteiger partial charge is 0.372 e. The smallest absolute Gasteiger partial charge is 0.242 e. The van der Waals surface area contributed by atoms with Gasteiger partial charge in [0.15, 0.2) is 0 Å². The second kappa shape index (κ2) is 4.44. The van der Waals surface area contributed by atoms with Crippen molar-refractivity contribution >= 4 is 23.3 Å². The van der Waals surface area contributed by atoms with E-state index in [1.807, 2.05) is 20.8 Å². The highest BCUT2D eigenvalue weighted by Gasteiger charge is 2.30. The van der Waals surface area contributed by atoms with Crippen molar-refractivity contribution in [3.05, 3.63) is 23.8 Å². The van der Waals surface area contributed by atoms with Crippen molar-refractivity contribution in [1.82, 2.24) is 4.31 Å². The number of epoxide rings is 1. The minimum absolute atomic E-state index is 0.0707. The van der Waals surface area contributed by atoms with Crippen molar-refractivity contribution in [2.24, 2.45) is 0 Å². The SMILES string of the molecule is Bc1ccc(S(=O)(=O)N(C)CC2CO2)cc1C. The molecule has 1 aliphatic heterocycles. The van der Waals surface area contributed by atoms with Crippen LogP contribution in [0.1, 0.15) is 5.56 Å². The Morgan fingerprint density at radius 2 is 2.18 bits per heavy atom. The number of benzene rings is 1. The summed E-state index contributed by atoms with van der Waals surface area (Å²) in [5.74, 6) is 0. The van der Waals surface area contributed by atoms with Gasteiger partial charge in [-0.2, -0.15) is 4.31 Å². The van der Waals surface area contributed by atoms with Crippen molar-refractivity contribution in [2.75, 3.05) is 20.2 Å². The van der Waals surface area contributed by atoms with E-state index in [1.165, 1.54) is 4.31 Å². The second-order valence-electron chi connectivity index (χ2n) is 4.49. The molecule has 0 aromatic heterocycles. The Balaban J connectivity index is 2.26. The number of hydrogen-bond donors (Lipinski definition) is 0. The Bertz CT molecular complexity index is 526. The first-order chi connectivity index (χ1) is 7.91. The van der Waals surface area contributed by atoms with Crippen LogP contribution in [0.25, 0.3) is 0 Å². The second-order valence-corrected chi connectivity index (χ2v) is 6.53. The maximum absolute atomic E-state index is 12.2. The van der Waals surface area contributed by atoms with Gasteiger partial charge in [-0.3, -0.25) is 0 Å². The highest BCUT2D eigenvalue weighted by molar-refractivity contribution is 7.89. The number of nitrogens with zero attached hydrogens (tertiary/aromatic N) is 1. The number of hydrogen-bond acceptors (Lipinski definition) is 3. The summed E-state index contributed by atoms with van der Waals surface area (Å²) in [6.07, 6.45) is 0.0707. The molecule has 0 amide bonds. The molecule has 0 spiro atoms. The molecule has 2 rings (SSSR count). The van der Waals surface area contributed by atoms with E-state index in [2.05, 4.69) is 0 Å². The molecule has 0 bridgehead atoms. The molecule has 0 aliphatic carbocycles. The minimum atomic E-state index is -3.38. The van der Waals surface area contributed by atoms with E-state index < -0.39 is 10.0 Å². The van der Waals surface area contributed by atoms with Crippen molar-refractivity contribution < 1.29 is 13.2 Å². The molecule has 1 aromatic carbocycles. The summed E-state index contributed by atoms with van der Waals surface area (Å²) < 4.78 is 30.9. The number of sulfonamides is 1. The summed E-state index contributed by atoms with van der Waals surface area (Å²) in [4.78, 5) is 0.351. The quantitative estimate of drug-likeness (QED) is 0.525. The molecule has 92 valence electrons. The predicted molar refractivity (Wildman–Crippen MR) is 68.9 cm³/mol. The number of ether oxygens (including phenoxy) is 1. The summed E-state index contributed by atoms with van der Waals surface area (Å²) in [6.45, 7) is 3.00. The van der Waals surface area contributed by atoms with Gasteiger partial charge in [0.05, 0.1) is 17.6 Å². The van der Waals surface area contributed by atoms with Crippen molar-refractivity contribution in [3.63, 3.8) is 0 Å². The summed E-state index contributed by atoms with van der Waals surface area (Å²) in [5, 5.41) is 0. The first-order valence-corrected chi connectivity index (χ1v) is 7.00. The van der Waals surface area contributed by atoms with E-state index in [9.17, 15) is 8.42 Å². The van der Waals surface area contributed by atoms with Gasteiger partial charge in [0.25, 0.3) is 0 Å². The summed E-state index contributed by atoms with van der Waals surface area (Å²) in [6, 6.07) is 5.21. The lowest BCUT2D eigenvalue weighted by atomic mass is 9.92. The lowest BCUT2D eigenvalue weighted by Crippen LogP contribution is -2.30. The van der Waals surface area contributed by atoms with Crippen LogP contribution in [0.3, 0.4) is 0 Å². The Labute approximate surface area is 103 Å². The van der Waals surface area contributed by atoms with Crippen LogP contribution >= 0.6 is 0 Å². The van der Waals surface area contributed by atoms with Crippen LogP contribution in [0.15, 0.2) is 23.1 Å². The monoisotopic (exact) mass is 253 g/mol. The molecule has 0 radical (unpaired) electrons. The number of likely N-dealkylation sites (N-methyl/N-ethyl adjacent to an activating group) is 1. The Kier molecular flexibility index (Phi) is 3.29. The van der Waals surface area contributed by atoms with Gasteiger partial charge in [-0.1, -0.05) is 17.1 Å². The molecule has 1 fully saturated rings. The van der Waals surface area contributed by atoms with E-state index >= 15 is 0 Å². The molecule has 1 aliphatic rings. The van der Waals surface area contributed by atoms with Gasteiger partial charge < -0.3 is 4.74 Å². The molecule has 1 unspecified atom stereocenters. The lowest BCUT2D eigenvalue weighted by Gasteiger charge is -2.16. The Morgan fingerprint density at radius 3 is 2.71 bits per heavy atom. The van der Waals surface area contributed by atoms with Crippen LogP contribution in [0.2, 0.25) is 0 Å². The summed E-state index contributed by atoms with van der Waals surface area (Å²) in [7, 11) is 0.175.